The van der Waals surface area contributed by atoms with Crippen LogP contribution in [0.5, 0.6) is 0 Å². The van der Waals surface area contributed by atoms with E-state index in [1.54, 1.807) is 6.08 Å². The summed E-state index contributed by atoms with van der Waals surface area (Å²) in [5, 5.41) is 14.2. The summed E-state index contributed by atoms with van der Waals surface area (Å²) in [6, 6.07) is 0. The van der Waals surface area contributed by atoms with Gasteiger partial charge in [-0.25, -0.2) is 4.79 Å². The monoisotopic (exact) mass is 421 g/mol. The van der Waals surface area contributed by atoms with E-state index in [0.29, 0.717) is 25.5 Å². The summed E-state index contributed by atoms with van der Waals surface area (Å²) in [4.78, 5) is 24.9. The molecule has 3 saturated carbocycles. The molecular weight excluding hydrogens is 382 g/mol. The first kappa shape index (κ1) is 23.3. The van der Waals surface area contributed by atoms with Gasteiger partial charge in [0.05, 0.1) is 18.6 Å². The van der Waals surface area contributed by atoms with Crippen molar-refractivity contribution in [3.8, 4) is 0 Å². The Hall–Kier alpha value is -1.40. The van der Waals surface area contributed by atoms with Gasteiger partial charge in [0.2, 0.25) is 0 Å². The molecule has 0 spiro atoms. The Balaban J connectivity index is 1.83. The first-order valence-corrected chi connectivity index (χ1v) is 11.5. The van der Waals surface area contributed by atoms with E-state index in [0.717, 1.165) is 37.7 Å². The summed E-state index contributed by atoms with van der Waals surface area (Å²) in [6.07, 6.45) is 6.48. The summed E-state index contributed by atoms with van der Waals surface area (Å²) in [5.41, 5.74) is 0.542. The molecule has 3 fully saturated rings. The highest BCUT2D eigenvalue weighted by atomic mass is 16.5. The molecule has 0 amide bonds. The van der Waals surface area contributed by atoms with Gasteiger partial charge in [0, 0.05) is 12.6 Å². The average molecular weight is 422 g/mol. The maximum Gasteiger partial charge on any atom is 0.330 e. The van der Waals surface area contributed by atoms with Crippen molar-refractivity contribution in [2.75, 3.05) is 27.3 Å². The molecule has 0 heterocycles. The van der Waals surface area contributed by atoms with Crippen LogP contribution in [0.25, 0.3) is 0 Å². The van der Waals surface area contributed by atoms with E-state index in [1.165, 1.54) is 7.11 Å². The lowest BCUT2D eigenvalue weighted by Crippen LogP contribution is -2.60. The number of ether oxygens (including phenoxy) is 2. The molecule has 0 radical (unpaired) electrons. The SMILES string of the molecule is CNCCOC(=O)/C=C1/CCC2C(C(O)CC3C(C)(C(=O)OC)CCCC23C)C1C. The fraction of sp³-hybridized carbons (Fsp3) is 0.833. The Morgan fingerprint density at radius 3 is 2.70 bits per heavy atom. The van der Waals surface area contributed by atoms with Crippen LogP contribution in [0.3, 0.4) is 0 Å². The zero-order valence-corrected chi connectivity index (χ0v) is 19.2. The van der Waals surface area contributed by atoms with Gasteiger partial charge in [-0.2, -0.15) is 0 Å². The zero-order chi connectivity index (χ0) is 22.1. The van der Waals surface area contributed by atoms with Crippen LogP contribution in [0.1, 0.15) is 59.3 Å². The zero-order valence-electron chi connectivity index (χ0n) is 19.2. The summed E-state index contributed by atoms with van der Waals surface area (Å²) >= 11 is 0. The molecule has 0 aromatic carbocycles. The molecule has 170 valence electrons. The summed E-state index contributed by atoms with van der Waals surface area (Å²) in [6.45, 7) is 7.49. The fourth-order valence-corrected chi connectivity index (χ4v) is 7.12. The molecule has 7 atom stereocenters. The molecule has 3 aliphatic rings. The minimum Gasteiger partial charge on any atom is -0.469 e. The van der Waals surface area contributed by atoms with Gasteiger partial charge in [-0.1, -0.05) is 25.8 Å². The van der Waals surface area contributed by atoms with Gasteiger partial charge in [0.15, 0.2) is 0 Å². The van der Waals surface area contributed by atoms with Crippen molar-refractivity contribution in [1.82, 2.24) is 5.32 Å². The van der Waals surface area contributed by atoms with Crippen LogP contribution >= 0.6 is 0 Å². The predicted molar refractivity (Wildman–Crippen MR) is 115 cm³/mol. The number of methoxy groups -OCH3 is 1. The molecule has 3 rings (SSSR count). The van der Waals surface area contributed by atoms with Crippen molar-refractivity contribution < 1.29 is 24.2 Å². The van der Waals surface area contributed by atoms with E-state index in [9.17, 15) is 14.7 Å². The van der Waals surface area contributed by atoms with E-state index in [-0.39, 0.29) is 35.1 Å². The molecule has 6 heteroatoms. The Kier molecular flexibility index (Phi) is 6.97. The maximum atomic E-state index is 12.7. The van der Waals surface area contributed by atoms with Crippen LogP contribution in [-0.4, -0.2) is 50.5 Å². The van der Waals surface area contributed by atoms with Crippen molar-refractivity contribution in [3.63, 3.8) is 0 Å². The predicted octanol–water partition coefficient (Wildman–Crippen LogP) is 3.09. The second-order valence-electron chi connectivity index (χ2n) is 10.1. The smallest absolute Gasteiger partial charge is 0.330 e. The molecule has 0 aromatic rings. The number of aliphatic hydroxyl groups excluding tert-OH is 1. The number of carbonyl (C=O) groups excluding carboxylic acids is 2. The van der Waals surface area contributed by atoms with Crippen LogP contribution in [0.4, 0.5) is 0 Å². The Bertz CT molecular complexity index is 691. The van der Waals surface area contributed by atoms with Gasteiger partial charge in [-0.05, 0) is 75.2 Å². The third kappa shape index (κ3) is 3.93. The summed E-state index contributed by atoms with van der Waals surface area (Å²) < 4.78 is 10.5. The summed E-state index contributed by atoms with van der Waals surface area (Å²) in [7, 11) is 3.29. The molecule has 7 unspecified atom stereocenters. The molecular formula is C24H39NO5. The molecule has 0 bridgehead atoms. The second-order valence-corrected chi connectivity index (χ2v) is 10.1. The Labute approximate surface area is 180 Å². The minimum absolute atomic E-state index is 0.00180. The topological polar surface area (TPSA) is 84.9 Å². The summed E-state index contributed by atoms with van der Waals surface area (Å²) in [5.74, 6) is 0.249. The normalized spacial score (nSPS) is 42.2. The van der Waals surface area contributed by atoms with E-state index in [2.05, 4.69) is 19.2 Å². The van der Waals surface area contributed by atoms with Gasteiger partial charge in [-0.3, -0.25) is 4.79 Å². The van der Waals surface area contributed by atoms with Crippen LogP contribution in [0.2, 0.25) is 0 Å². The number of esters is 2. The highest BCUT2D eigenvalue weighted by Crippen LogP contribution is 2.65. The van der Waals surface area contributed by atoms with Crippen molar-refractivity contribution in [2.45, 2.75) is 65.4 Å². The number of hydrogen-bond donors (Lipinski definition) is 2. The number of nitrogens with one attached hydrogen (secondary N) is 1. The standard InChI is InChI=1S/C24H39NO5/c1-15-16(13-20(27)30-12-11-25-4)7-8-17-21(15)18(26)14-19-23(17,2)9-6-10-24(19,3)22(28)29-5/h13,15,17-19,21,25-26H,6-12,14H2,1-5H3/b16-13-. The number of aliphatic hydroxyl groups is 1. The van der Waals surface area contributed by atoms with Crippen molar-refractivity contribution in [2.24, 2.45) is 34.5 Å². The van der Waals surface area contributed by atoms with Crippen molar-refractivity contribution >= 4 is 11.9 Å². The first-order valence-electron chi connectivity index (χ1n) is 11.5. The molecule has 30 heavy (non-hydrogen) atoms. The van der Waals surface area contributed by atoms with E-state index in [1.807, 2.05) is 14.0 Å². The van der Waals surface area contributed by atoms with Crippen LogP contribution in [0, 0.1) is 34.5 Å². The number of hydrogen-bond acceptors (Lipinski definition) is 6. The van der Waals surface area contributed by atoms with Crippen LogP contribution in [-0.2, 0) is 19.1 Å². The third-order valence-electron chi connectivity index (χ3n) is 8.67. The third-order valence-corrected chi connectivity index (χ3v) is 8.67. The minimum atomic E-state index is -0.538. The Morgan fingerprint density at radius 1 is 1.30 bits per heavy atom. The number of allylic oxidation sites excluding steroid dienone is 1. The van der Waals surface area contributed by atoms with Gasteiger partial charge >= 0.3 is 11.9 Å². The van der Waals surface area contributed by atoms with Crippen molar-refractivity contribution in [1.29, 1.82) is 0 Å². The van der Waals surface area contributed by atoms with E-state index < -0.39 is 11.5 Å². The van der Waals surface area contributed by atoms with Gasteiger partial charge < -0.3 is 19.9 Å². The molecule has 3 aliphatic carbocycles. The maximum absolute atomic E-state index is 12.7. The molecule has 6 nitrogen and oxygen atoms in total. The number of rotatable bonds is 5. The van der Waals surface area contributed by atoms with Gasteiger partial charge in [-0.15, -0.1) is 0 Å². The number of likely N-dealkylation sites (N-methyl/N-ethyl adjacent to an activating group) is 1. The van der Waals surface area contributed by atoms with Crippen molar-refractivity contribution in [3.05, 3.63) is 11.6 Å². The quantitative estimate of drug-likeness (QED) is 0.403. The molecule has 2 N–H and O–H groups in total. The lowest BCUT2D eigenvalue weighted by atomic mass is 9.42. The van der Waals surface area contributed by atoms with Crippen LogP contribution in [0.15, 0.2) is 11.6 Å². The number of fused-ring (bicyclic) bond motifs is 3. The van der Waals surface area contributed by atoms with Crippen LogP contribution < -0.4 is 5.32 Å². The molecule has 0 aromatic heterocycles. The van der Waals surface area contributed by atoms with Gasteiger partial charge in [0.25, 0.3) is 0 Å². The lowest BCUT2D eigenvalue weighted by Gasteiger charge is -2.62. The largest absolute Gasteiger partial charge is 0.469 e. The average Bonchev–Trinajstić information content (AvgIpc) is 2.71. The molecule has 0 saturated heterocycles. The Morgan fingerprint density at radius 2 is 2.03 bits per heavy atom. The van der Waals surface area contributed by atoms with E-state index in [4.69, 9.17) is 9.47 Å². The first-order chi connectivity index (χ1) is 14.2. The highest BCUT2D eigenvalue weighted by Gasteiger charge is 2.62. The van der Waals surface area contributed by atoms with Gasteiger partial charge in [0.1, 0.15) is 6.61 Å². The number of carbonyl (C=O) groups is 2. The lowest BCUT2D eigenvalue weighted by molar-refractivity contribution is -0.189. The highest BCUT2D eigenvalue weighted by molar-refractivity contribution is 5.83. The molecule has 0 aliphatic heterocycles. The fourth-order valence-electron chi connectivity index (χ4n) is 7.12. The van der Waals surface area contributed by atoms with E-state index >= 15 is 0 Å². The second kappa shape index (κ2) is 8.99.